The molecule has 10 rings (SSSR count). The highest BCUT2D eigenvalue weighted by Crippen LogP contribution is 2.64. The van der Waals surface area contributed by atoms with Gasteiger partial charge in [-0.05, 0) is 98.7 Å². The second kappa shape index (κ2) is 24.4. The Balaban J connectivity index is 0.953. The van der Waals surface area contributed by atoms with E-state index in [9.17, 15) is 49.5 Å². The summed E-state index contributed by atoms with van der Waals surface area (Å²) in [4.78, 5) is 104. The van der Waals surface area contributed by atoms with Crippen LogP contribution in [0.15, 0.2) is 113 Å². The SMILES string of the molecule is CC(=O)O[C@@]12CO[C@@H]1C[C@H](O)[C@@]1(C)C(=O)[C@H](O)C3=C(C)[C@@H](OC(=O)[C@H](OC(=O)N4CCN(Cc5ccc(-n6c(-c7cc(C(C)C)c(O)cc7O)n[nH]c6=O)cc5)CC4)[C@@H](NC(=O)OC(C)(C)C)c4ccccc4)C[C@@](O)(C(OC(=O)c4ccccc4)C12)C3(C)C. The number of H-pyrrole nitrogens is 1. The number of aromatic hydroxyl groups is 2. The number of nitrogens with zero attached hydrogens (tertiary/aromatic N) is 4. The molecule has 1 aromatic heterocycles. The summed E-state index contributed by atoms with van der Waals surface area (Å²) in [6, 6.07) is 24.4. The Hall–Kier alpha value is -8.42. The van der Waals surface area contributed by atoms with Crippen molar-refractivity contribution in [3.8, 4) is 28.6 Å². The minimum atomic E-state index is -2.48. The lowest BCUT2D eigenvalue weighted by atomic mass is 9.44. The van der Waals surface area contributed by atoms with Gasteiger partial charge in [-0.1, -0.05) is 88.4 Å². The normalized spacial score (nSPS) is 27.1. The number of aliphatic hydroxyl groups excluding tert-OH is 2. The number of hydrogen-bond donors (Lipinski definition) is 7. The number of esters is 3. The van der Waals surface area contributed by atoms with Crippen LogP contribution in [-0.2, 0) is 49.3 Å². The molecule has 2 unspecified atom stereocenters. The van der Waals surface area contributed by atoms with E-state index >= 15 is 9.59 Å². The van der Waals surface area contributed by atoms with Gasteiger partial charge in [0, 0.05) is 64.0 Å². The summed E-state index contributed by atoms with van der Waals surface area (Å²) in [5.41, 5.74) is -7.31. The predicted molar refractivity (Wildman–Crippen MR) is 322 cm³/mol. The number of rotatable bonds is 14. The predicted octanol–water partition coefficient (Wildman–Crippen LogP) is 6.30. The van der Waals surface area contributed by atoms with Crippen LogP contribution in [0, 0.1) is 16.7 Å². The fraction of sp³-hybridized carbons (Fsp3) is 0.485. The van der Waals surface area contributed by atoms with Crippen molar-refractivity contribution in [2.24, 2.45) is 16.7 Å². The van der Waals surface area contributed by atoms with E-state index in [2.05, 4.69) is 20.4 Å². The number of aromatic amines is 1. The molecule has 3 heterocycles. The fourth-order valence-electron chi connectivity index (χ4n) is 13.9. The lowest BCUT2D eigenvalue weighted by Crippen LogP contribution is -2.81. The van der Waals surface area contributed by atoms with E-state index in [1.807, 2.05) is 26.0 Å². The standard InChI is InChI=1S/C66H78N6O18/c1-35(2)42-29-43(45(75)30-44(42)74)56-68-69-59(81)72(56)41-23-21-38(22-24-41)33-70-25-27-71(28-26-70)61(83)87-52(50(39-17-13-11-14-18-39)67-60(82)90-62(5,6)7)58(80)86-46-32-66(84)55(88-57(79)40-19-15-12-16-20-40)53-64(10,54(78)51(77)49(36(46)3)63(66,8)9)47(76)31-48-65(53,34-85-48)89-37(4)73/h11-24,29-30,35,46-48,50-53,55,74-77,84H,25-28,31-34H2,1-10H3,(H,67,82)(H,69,81)/t46-,47-,48+,50-,51+,52+,53?,55?,64+,65-,66+/m0/s1. The van der Waals surface area contributed by atoms with Crippen molar-refractivity contribution in [1.82, 2.24) is 29.9 Å². The topological polar surface area (TPSA) is 328 Å². The molecule has 480 valence electrons. The van der Waals surface area contributed by atoms with Crippen LogP contribution in [0.2, 0.25) is 0 Å². The molecule has 2 aliphatic heterocycles. The number of carbonyl (C=O) groups excluding carboxylic acids is 6. The third-order valence-corrected chi connectivity index (χ3v) is 18.7. The molecule has 4 aromatic carbocycles. The number of carbonyl (C=O) groups is 6. The number of alkyl carbamates (subject to hydrolysis) is 1. The highest BCUT2D eigenvalue weighted by atomic mass is 16.6. The van der Waals surface area contributed by atoms with Gasteiger partial charge in [0.25, 0.3) is 0 Å². The van der Waals surface area contributed by atoms with Crippen molar-refractivity contribution in [3.63, 3.8) is 0 Å². The van der Waals surface area contributed by atoms with Gasteiger partial charge in [-0.15, -0.1) is 0 Å². The molecule has 3 aliphatic carbocycles. The second-order valence-corrected chi connectivity index (χ2v) is 26.1. The Morgan fingerprint density at radius 2 is 1.51 bits per heavy atom. The Kier molecular flexibility index (Phi) is 17.5. The molecule has 5 aliphatic rings. The maximum atomic E-state index is 15.5. The van der Waals surface area contributed by atoms with Crippen molar-refractivity contribution >= 4 is 35.9 Å². The first-order chi connectivity index (χ1) is 42.4. The van der Waals surface area contributed by atoms with E-state index in [1.54, 1.807) is 87.5 Å². The van der Waals surface area contributed by atoms with Gasteiger partial charge in [0.1, 0.15) is 53.2 Å². The minimum absolute atomic E-state index is 0.0392. The van der Waals surface area contributed by atoms with E-state index in [1.165, 1.54) is 55.4 Å². The molecule has 2 amide bonds. The van der Waals surface area contributed by atoms with Gasteiger partial charge < -0.3 is 64.2 Å². The number of nitrogens with one attached hydrogen (secondary N) is 2. The molecule has 24 heteroatoms. The maximum Gasteiger partial charge on any atom is 0.410 e. The number of aromatic nitrogens is 3. The molecule has 2 bridgehead atoms. The number of amides is 2. The Morgan fingerprint density at radius 3 is 2.11 bits per heavy atom. The average molecular weight is 1240 g/mol. The molecule has 0 spiro atoms. The fourth-order valence-corrected chi connectivity index (χ4v) is 13.9. The summed E-state index contributed by atoms with van der Waals surface area (Å²) < 4.78 is 38.2. The monoisotopic (exact) mass is 1240 g/mol. The molecular weight excluding hydrogens is 1160 g/mol. The van der Waals surface area contributed by atoms with Crippen LogP contribution < -0.4 is 11.0 Å². The molecular formula is C66H78N6O18. The van der Waals surface area contributed by atoms with E-state index < -0.39 is 124 Å². The lowest BCUT2D eigenvalue weighted by Gasteiger charge is -2.67. The van der Waals surface area contributed by atoms with Gasteiger partial charge in [0.05, 0.1) is 40.9 Å². The van der Waals surface area contributed by atoms with Gasteiger partial charge in [-0.25, -0.2) is 33.6 Å². The number of benzene rings is 4. The molecule has 2 saturated heterocycles. The molecule has 0 radical (unpaired) electrons. The summed E-state index contributed by atoms with van der Waals surface area (Å²) in [5, 5.41) is 69.4. The van der Waals surface area contributed by atoms with Crippen LogP contribution in [0.3, 0.4) is 0 Å². The Labute approximate surface area is 519 Å². The number of hydrogen-bond acceptors (Lipinski definition) is 20. The third kappa shape index (κ3) is 11.7. The van der Waals surface area contributed by atoms with Gasteiger partial charge in [-0.3, -0.25) is 14.5 Å². The number of phenolic OH excluding ortho intramolecular Hbond substituents is 2. The summed E-state index contributed by atoms with van der Waals surface area (Å²) in [7, 11) is 0. The maximum absolute atomic E-state index is 15.5. The highest BCUT2D eigenvalue weighted by molar-refractivity contribution is 5.94. The van der Waals surface area contributed by atoms with Crippen molar-refractivity contribution in [2.45, 2.75) is 154 Å². The van der Waals surface area contributed by atoms with E-state index in [0.717, 1.165) is 12.5 Å². The molecule has 24 nitrogen and oxygen atoms in total. The first-order valence-electron chi connectivity index (χ1n) is 30.1. The van der Waals surface area contributed by atoms with Crippen LogP contribution in [0.4, 0.5) is 9.59 Å². The summed E-state index contributed by atoms with van der Waals surface area (Å²) in [5.74, 6) is -5.89. The van der Waals surface area contributed by atoms with Crippen molar-refractivity contribution < 1.29 is 82.7 Å². The number of Topliss-reactive ketones (excluding diaryl/α,β-unsaturated/α-hetero) is 1. The zero-order valence-electron chi connectivity index (χ0n) is 51.9. The number of phenols is 2. The molecule has 2 saturated carbocycles. The average Bonchev–Trinajstić information content (AvgIpc) is 0.811. The Bertz CT molecular complexity index is 3670. The van der Waals surface area contributed by atoms with Gasteiger partial charge in [0.2, 0.25) is 6.10 Å². The molecule has 5 aromatic rings. The lowest BCUT2D eigenvalue weighted by molar-refractivity contribution is -0.346. The number of ketones is 1. The Morgan fingerprint density at radius 1 is 0.867 bits per heavy atom. The summed E-state index contributed by atoms with van der Waals surface area (Å²) >= 11 is 0. The van der Waals surface area contributed by atoms with Gasteiger partial charge in [-0.2, -0.15) is 5.10 Å². The smallest absolute Gasteiger partial charge is 0.410 e. The zero-order chi connectivity index (χ0) is 65.2. The van der Waals surface area contributed by atoms with Crippen LogP contribution in [-0.4, -0.2) is 172 Å². The van der Waals surface area contributed by atoms with Gasteiger partial charge in [0.15, 0.2) is 17.2 Å². The summed E-state index contributed by atoms with van der Waals surface area (Å²) in [6.45, 7) is 16.7. The quantitative estimate of drug-likeness (QED) is 0.0364. The van der Waals surface area contributed by atoms with Crippen molar-refractivity contribution in [1.29, 1.82) is 0 Å². The van der Waals surface area contributed by atoms with E-state index in [0.29, 0.717) is 30.9 Å². The zero-order valence-corrected chi connectivity index (χ0v) is 51.9. The van der Waals surface area contributed by atoms with Crippen molar-refractivity contribution in [2.75, 3.05) is 32.8 Å². The van der Waals surface area contributed by atoms with E-state index in [4.69, 9.17) is 28.4 Å². The number of piperazine rings is 1. The third-order valence-electron chi connectivity index (χ3n) is 18.7. The minimum Gasteiger partial charge on any atom is -0.508 e. The van der Waals surface area contributed by atoms with Crippen molar-refractivity contribution in [3.05, 3.63) is 141 Å². The first kappa shape index (κ1) is 64.6. The highest BCUT2D eigenvalue weighted by Gasteiger charge is 2.78. The van der Waals surface area contributed by atoms with Crippen LogP contribution >= 0.6 is 0 Å². The van der Waals surface area contributed by atoms with Crippen LogP contribution in [0.25, 0.3) is 17.1 Å². The molecule has 4 fully saturated rings. The first-order valence-corrected chi connectivity index (χ1v) is 30.1. The molecule has 7 N–H and O–H groups in total. The second-order valence-electron chi connectivity index (χ2n) is 26.1. The van der Waals surface area contributed by atoms with Crippen LogP contribution in [0.5, 0.6) is 11.5 Å². The number of ether oxygens (including phenoxy) is 6. The molecule has 90 heavy (non-hydrogen) atoms. The van der Waals surface area contributed by atoms with Gasteiger partial charge >= 0.3 is 35.8 Å². The molecule has 11 atom stereocenters. The van der Waals surface area contributed by atoms with Crippen LogP contribution in [0.1, 0.15) is 121 Å². The number of fused-ring (bicyclic) bond motifs is 5. The largest absolute Gasteiger partial charge is 0.508 e. The number of aliphatic hydroxyl groups is 3. The summed E-state index contributed by atoms with van der Waals surface area (Å²) in [6.07, 6.45) is -13.1. The van der Waals surface area contributed by atoms with E-state index in [-0.39, 0.29) is 77.2 Å².